The SMILES string of the molecule is COc1ccc(S(=O)(=O)Nc2c(F)cccc2F)c(C)c1C. The lowest BCUT2D eigenvalue weighted by Gasteiger charge is -2.15. The first kappa shape index (κ1) is 16.2. The molecule has 118 valence electrons. The minimum absolute atomic E-state index is 0.0616. The number of benzene rings is 2. The van der Waals surface area contributed by atoms with E-state index < -0.39 is 27.3 Å². The largest absolute Gasteiger partial charge is 0.496 e. The van der Waals surface area contributed by atoms with Crippen LogP contribution in [0.1, 0.15) is 11.1 Å². The summed E-state index contributed by atoms with van der Waals surface area (Å²) in [5.74, 6) is -1.42. The van der Waals surface area contributed by atoms with Crippen LogP contribution in [0.3, 0.4) is 0 Å². The van der Waals surface area contributed by atoms with Crippen LogP contribution in [0.5, 0.6) is 5.75 Å². The van der Waals surface area contributed by atoms with Crippen LogP contribution >= 0.6 is 0 Å². The molecule has 0 aliphatic carbocycles. The molecule has 0 unspecified atom stereocenters. The predicted octanol–water partition coefficient (Wildman–Crippen LogP) is 3.39. The molecule has 1 N–H and O–H groups in total. The molecule has 0 saturated carbocycles. The number of para-hydroxylation sites is 1. The Morgan fingerprint density at radius 1 is 1.00 bits per heavy atom. The maximum Gasteiger partial charge on any atom is 0.262 e. The number of anilines is 1. The summed E-state index contributed by atoms with van der Waals surface area (Å²) in [7, 11) is -2.65. The molecular formula is C15H15F2NO3S. The lowest BCUT2D eigenvalue weighted by Crippen LogP contribution is -2.17. The highest BCUT2D eigenvalue weighted by atomic mass is 32.2. The van der Waals surface area contributed by atoms with E-state index in [9.17, 15) is 17.2 Å². The van der Waals surface area contributed by atoms with Gasteiger partial charge in [-0.05, 0) is 49.2 Å². The van der Waals surface area contributed by atoms with Crippen molar-refractivity contribution in [2.45, 2.75) is 18.7 Å². The number of ether oxygens (including phenoxy) is 1. The van der Waals surface area contributed by atoms with Gasteiger partial charge in [-0.15, -0.1) is 0 Å². The van der Waals surface area contributed by atoms with Crippen LogP contribution in [-0.2, 0) is 10.0 Å². The lowest BCUT2D eigenvalue weighted by molar-refractivity contribution is 0.410. The molecule has 2 aromatic carbocycles. The van der Waals surface area contributed by atoms with E-state index in [1.54, 1.807) is 13.8 Å². The smallest absolute Gasteiger partial charge is 0.262 e. The molecule has 0 atom stereocenters. The van der Waals surface area contributed by atoms with Crippen molar-refractivity contribution in [3.63, 3.8) is 0 Å². The fourth-order valence-electron chi connectivity index (χ4n) is 2.07. The minimum Gasteiger partial charge on any atom is -0.496 e. The number of halogens is 2. The third-order valence-electron chi connectivity index (χ3n) is 3.40. The second-order valence-electron chi connectivity index (χ2n) is 4.72. The molecule has 0 radical (unpaired) electrons. The molecule has 0 heterocycles. The zero-order valence-electron chi connectivity index (χ0n) is 12.3. The summed E-state index contributed by atoms with van der Waals surface area (Å²) >= 11 is 0. The number of hydrogen-bond acceptors (Lipinski definition) is 3. The van der Waals surface area contributed by atoms with Crippen LogP contribution in [0, 0.1) is 25.5 Å². The van der Waals surface area contributed by atoms with Gasteiger partial charge in [0.1, 0.15) is 23.1 Å². The van der Waals surface area contributed by atoms with Gasteiger partial charge in [-0.3, -0.25) is 4.72 Å². The van der Waals surface area contributed by atoms with Gasteiger partial charge in [0.05, 0.1) is 12.0 Å². The molecule has 0 aliphatic heterocycles. The monoisotopic (exact) mass is 327 g/mol. The molecule has 22 heavy (non-hydrogen) atoms. The Morgan fingerprint density at radius 2 is 1.59 bits per heavy atom. The van der Waals surface area contributed by atoms with Crippen LogP contribution in [0.15, 0.2) is 35.2 Å². The summed E-state index contributed by atoms with van der Waals surface area (Å²) in [5.41, 5.74) is 0.387. The summed E-state index contributed by atoms with van der Waals surface area (Å²) in [6.07, 6.45) is 0. The standard InChI is InChI=1S/C15H15F2NO3S/c1-9-10(2)14(8-7-13(9)21-3)22(19,20)18-15-11(16)5-4-6-12(15)17/h4-8,18H,1-3H3. The number of hydrogen-bond donors (Lipinski definition) is 1. The molecule has 0 amide bonds. The van der Waals surface area contributed by atoms with Gasteiger partial charge < -0.3 is 4.74 Å². The van der Waals surface area contributed by atoms with Crippen molar-refractivity contribution < 1.29 is 21.9 Å². The van der Waals surface area contributed by atoms with E-state index in [0.29, 0.717) is 16.9 Å². The van der Waals surface area contributed by atoms with Crippen molar-refractivity contribution in [1.29, 1.82) is 0 Å². The van der Waals surface area contributed by atoms with Crippen LogP contribution in [0.4, 0.5) is 14.5 Å². The molecule has 0 aliphatic rings. The van der Waals surface area contributed by atoms with Crippen molar-refractivity contribution in [3.05, 3.63) is 53.1 Å². The van der Waals surface area contributed by atoms with Crippen molar-refractivity contribution in [3.8, 4) is 5.75 Å². The molecule has 0 spiro atoms. The molecule has 0 fully saturated rings. The van der Waals surface area contributed by atoms with Gasteiger partial charge in [0.25, 0.3) is 10.0 Å². The van der Waals surface area contributed by atoms with Crippen molar-refractivity contribution >= 4 is 15.7 Å². The average Bonchev–Trinajstić information content (AvgIpc) is 2.45. The summed E-state index contributed by atoms with van der Waals surface area (Å²) < 4.78 is 59.1. The number of sulfonamides is 1. The Morgan fingerprint density at radius 3 is 2.14 bits per heavy atom. The number of methoxy groups -OCH3 is 1. The highest BCUT2D eigenvalue weighted by Gasteiger charge is 2.22. The van der Waals surface area contributed by atoms with Gasteiger partial charge in [0.15, 0.2) is 0 Å². The van der Waals surface area contributed by atoms with Gasteiger partial charge in [0, 0.05) is 0 Å². The zero-order chi connectivity index (χ0) is 16.5. The first-order valence-electron chi connectivity index (χ1n) is 6.39. The molecule has 4 nitrogen and oxygen atoms in total. The molecule has 2 rings (SSSR count). The first-order valence-corrected chi connectivity index (χ1v) is 7.87. The highest BCUT2D eigenvalue weighted by Crippen LogP contribution is 2.29. The summed E-state index contributed by atoms with van der Waals surface area (Å²) in [6, 6.07) is 5.95. The lowest BCUT2D eigenvalue weighted by atomic mass is 10.1. The molecule has 2 aromatic rings. The molecule has 0 bridgehead atoms. The van der Waals surface area contributed by atoms with Crippen LogP contribution in [0.25, 0.3) is 0 Å². The van der Waals surface area contributed by atoms with E-state index >= 15 is 0 Å². The third-order valence-corrected chi connectivity index (χ3v) is 4.89. The Kier molecular flexibility index (Phi) is 4.37. The molecule has 0 saturated heterocycles. The van der Waals surface area contributed by atoms with E-state index in [-0.39, 0.29) is 4.90 Å². The Bertz CT molecular complexity index is 800. The summed E-state index contributed by atoms with van der Waals surface area (Å²) in [5, 5.41) is 0. The normalized spacial score (nSPS) is 11.3. The minimum atomic E-state index is -4.12. The van der Waals surface area contributed by atoms with E-state index in [1.807, 2.05) is 4.72 Å². The van der Waals surface area contributed by atoms with Gasteiger partial charge >= 0.3 is 0 Å². The molecular weight excluding hydrogens is 312 g/mol. The van der Waals surface area contributed by atoms with E-state index in [4.69, 9.17) is 4.74 Å². The summed E-state index contributed by atoms with van der Waals surface area (Å²) in [6.45, 7) is 3.31. The quantitative estimate of drug-likeness (QED) is 0.936. The molecule has 7 heteroatoms. The maximum atomic E-state index is 13.6. The fraction of sp³-hybridized carbons (Fsp3) is 0.200. The third kappa shape index (κ3) is 2.89. The fourth-order valence-corrected chi connectivity index (χ4v) is 3.44. The average molecular weight is 327 g/mol. The number of nitrogens with one attached hydrogen (secondary N) is 1. The van der Waals surface area contributed by atoms with Crippen molar-refractivity contribution in [2.75, 3.05) is 11.8 Å². The Hall–Kier alpha value is -2.15. The van der Waals surface area contributed by atoms with Gasteiger partial charge in [-0.25, -0.2) is 17.2 Å². The van der Waals surface area contributed by atoms with E-state index in [1.165, 1.54) is 19.2 Å². The van der Waals surface area contributed by atoms with Crippen LogP contribution in [0.2, 0.25) is 0 Å². The predicted molar refractivity (Wildman–Crippen MR) is 79.6 cm³/mol. The second-order valence-corrected chi connectivity index (χ2v) is 6.37. The van der Waals surface area contributed by atoms with Crippen LogP contribution in [-0.4, -0.2) is 15.5 Å². The first-order chi connectivity index (χ1) is 10.3. The summed E-state index contributed by atoms with van der Waals surface area (Å²) in [4.78, 5) is -0.0616. The van der Waals surface area contributed by atoms with Crippen molar-refractivity contribution in [2.24, 2.45) is 0 Å². The zero-order valence-corrected chi connectivity index (χ0v) is 13.1. The second kappa shape index (κ2) is 5.92. The number of rotatable bonds is 4. The van der Waals surface area contributed by atoms with Crippen LogP contribution < -0.4 is 9.46 Å². The van der Waals surface area contributed by atoms with E-state index in [0.717, 1.165) is 18.2 Å². The van der Waals surface area contributed by atoms with Gasteiger partial charge in [-0.1, -0.05) is 6.07 Å². The van der Waals surface area contributed by atoms with Gasteiger partial charge in [0.2, 0.25) is 0 Å². The highest BCUT2D eigenvalue weighted by molar-refractivity contribution is 7.92. The van der Waals surface area contributed by atoms with Gasteiger partial charge in [-0.2, -0.15) is 0 Å². The molecule has 0 aromatic heterocycles. The topological polar surface area (TPSA) is 55.4 Å². The Labute approximate surface area is 127 Å². The maximum absolute atomic E-state index is 13.6. The van der Waals surface area contributed by atoms with Crippen molar-refractivity contribution in [1.82, 2.24) is 0 Å². The van der Waals surface area contributed by atoms with E-state index in [2.05, 4.69) is 0 Å². The Balaban J connectivity index is 2.50.